The monoisotopic (exact) mass is 273 g/mol. The number of benzene rings is 1. The van der Waals surface area contributed by atoms with Crippen LogP contribution in [0.25, 0.3) is 0 Å². The lowest BCUT2D eigenvalue weighted by Gasteiger charge is -2.52. The van der Waals surface area contributed by atoms with Gasteiger partial charge in [-0.1, -0.05) is 24.3 Å². The maximum atomic E-state index is 12.4. The van der Waals surface area contributed by atoms with E-state index in [9.17, 15) is 4.79 Å². The van der Waals surface area contributed by atoms with Crippen molar-refractivity contribution in [1.29, 1.82) is 0 Å². The number of carbonyl (C=O) groups is 1. The Hall–Kier alpha value is -1.39. The van der Waals surface area contributed by atoms with Gasteiger partial charge in [-0.2, -0.15) is 0 Å². The first-order valence-electron chi connectivity index (χ1n) is 7.27. The van der Waals surface area contributed by atoms with E-state index >= 15 is 0 Å². The molecule has 2 fully saturated rings. The summed E-state index contributed by atoms with van der Waals surface area (Å²) in [5, 5.41) is 0. The van der Waals surface area contributed by atoms with Gasteiger partial charge in [0.1, 0.15) is 0 Å². The fourth-order valence-corrected chi connectivity index (χ4v) is 3.73. The van der Waals surface area contributed by atoms with Gasteiger partial charge < -0.3 is 14.4 Å². The third kappa shape index (κ3) is 1.64. The second kappa shape index (κ2) is 4.06. The molecule has 1 aromatic rings. The summed E-state index contributed by atoms with van der Waals surface area (Å²) in [6, 6.07) is 8.62. The highest BCUT2D eigenvalue weighted by Gasteiger charge is 2.56. The summed E-state index contributed by atoms with van der Waals surface area (Å²) in [7, 11) is 0. The van der Waals surface area contributed by atoms with Crippen LogP contribution >= 0.6 is 0 Å². The van der Waals surface area contributed by atoms with Gasteiger partial charge in [-0.25, -0.2) is 0 Å². The minimum absolute atomic E-state index is 0.0850. The predicted octanol–water partition coefficient (Wildman–Crippen LogP) is 1.89. The van der Waals surface area contributed by atoms with E-state index in [1.807, 2.05) is 18.7 Å². The third-order valence-electron chi connectivity index (χ3n) is 4.67. The largest absolute Gasteiger partial charge is 0.348 e. The van der Waals surface area contributed by atoms with E-state index in [1.54, 1.807) is 0 Å². The van der Waals surface area contributed by atoms with Crippen molar-refractivity contribution >= 4 is 5.91 Å². The standard InChI is InChI=1S/C16H19NO3/c1-16(2)19-9-12(20-16)13-14-11-6-4-3-5-10(11)7-8-17(14)15(13)18/h3-6,12-14H,7-9H2,1-2H3/t12-,13+,14+/m0/s1. The van der Waals surface area contributed by atoms with Gasteiger partial charge in [0, 0.05) is 6.54 Å². The smallest absolute Gasteiger partial charge is 0.231 e. The first-order valence-corrected chi connectivity index (χ1v) is 7.27. The minimum Gasteiger partial charge on any atom is -0.348 e. The molecule has 0 aromatic heterocycles. The summed E-state index contributed by atoms with van der Waals surface area (Å²) in [5.41, 5.74) is 2.65. The van der Waals surface area contributed by atoms with Crippen molar-refractivity contribution in [2.24, 2.45) is 5.92 Å². The molecule has 106 valence electrons. The number of hydrogen-bond acceptors (Lipinski definition) is 3. The molecule has 0 aliphatic carbocycles. The molecule has 0 radical (unpaired) electrons. The van der Waals surface area contributed by atoms with Crippen LogP contribution in [0, 0.1) is 5.92 Å². The van der Waals surface area contributed by atoms with Crippen LogP contribution in [0.15, 0.2) is 24.3 Å². The van der Waals surface area contributed by atoms with Gasteiger partial charge in [0.05, 0.1) is 24.7 Å². The van der Waals surface area contributed by atoms with Crippen LogP contribution in [0.1, 0.15) is 31.0 Å². The first kappa shape index (κ1) is 12.4. The highest BCUT2D eigenvalue weighted by atomic mass is 16.7. The van der Waals surface area contributed by atoms with Gasteiger partial charge >= 0.3 is 0 Å². The molecular formula is C16H19NO3. The van der Waals surface area contributed by atoms with Crippen LogP contribution in [-0.4, -0.2) is 35.8 Å². The van der Waals surface area contributed by atoms with E-state index in [0.29, 0.717) is 6.61 Å². The van der Waals surface area contributed by atoms with Gasteiger partial charge in [0.2, 0.25) is 5.91 Å². The van der Waals surface area contributed by atoms with Crippen LogP contribution < -0.4 is 0 Å². The average Bonchev–Trinajstić information content (AvgIpc) is 2.77. The zero-order valence-electron chi connectivity index (χ0n) is 11.8. The number of β-lactam (4-membered cyclic amide) rings is 1. The van der Waals surface area contributed by atoms with Gasteiger partial charge in [-0.3, -0.25) is 4.79 Å². The topological polar surface area (TPSA) is 38.8 Å². The summed E-state index contributed by atoms with van der Waals surface area (Å²) in [6.45, 7) is 5.15. The SMILES string of the molecule is CC1(C)OC[C@@H]([C@H]2C(=O)N3CCc4ccccc4[C@H]23)O1. The van der Waals surface area contributed by atoms with Crippen molar-refractivity contribution in [3.8, 4) is 0 Å². The van der Waals surface area contributed by atoms with E-state index in [0.717, 1.165) is 13.0 Å². The number of carbonyl (C=O) groups excluding carboxylic acids is 1. The Bertz CT molecular complexity index is 569. The molecule has 1 aromatic carbocycles. The summed E-state index contributed by atoms with van der Waals surface area (Å²) >= 11 is 0. The van der Waals surface area contributed by atoms with E-state index in [-0.39, 0.29) is 24.0 Å². The molecule has 0 N–H and O–H groups in total. The molecule has 3 aliphatic heterocycles. The van der Waals surface area contributed by atoms with Crippen LogP contribution in [0.4, 0.5) is 0 Å². The zero-order chi connectivity index (χ0) is 13.9. The number of hydrogen-bond donors (Lipinski definition) is 0. The fraction of sp³-hybridized carbons (Fsp3) is 0.562. The zero-order valence-corrected chi connectivity index (χ0v) is 11.8. The van der Waals surface area contributed by atoms with Crippen molar-refractivity contribution in [1.82, 2.24) is 4.90 Å². The summed E-state index contributed by atoms with van der Waals surface area (Å²) in [6.07, 6.45) is 0.837. The van der Waals surface area contributed by atoms with Crippen molar-refractivity contribution in [3.05, 3.63) is 35.4 Å². The van der Waals surface area contributed by atoms with Crippen LogP contribution in [-0.2, 0) is 20.7 Å². The molecule has 4 nitrogen and oxygen atoms in total. The maximum Gasteiger partial charge on any atom is 0.231 e. The highest BCUT2D eigenvalue weighted by molar-refractivity contribution is 5.88. The molecule has 0 spiro atoms. The summed E-state index contributed by atoms with van der Waals surface area (Å²) < 4.78 is 11.6. The molecule has 20 heavy (non-hydrogen) atoms. The van der Waals surface area contributed by atoms with Crippen LogP contribution in [0.3, 0.4) is 0 Å². The van der Waals surface area contributed by atoms with Crippen LogP contribution in [0.2, 0.25) is 0 Å². The minimum atomic E-state index is -0.570. The Labute approximate surface area is 118 Å². The fourth-order valence-electron chi connectivity index (χ4n) is 3.73. The van der Waals surface area contributed by atoms with E-state index in [4.69, 9.17) is 9.47 Å². The lowest BCUT2D eigenvalue weighted by atomic mass is 9.74. The number of nitrogens with zero attached hydrogens (tertiary/aromatic N) is 1. The van der Waals surface area contributed by atoms with Gasteiger partial charge in [0.25, 0.3) is 0 Å². The molecule has 4 rings (SSSR count). The molecule has 2 saturated heterocycles. The molecule has 1 amide bonds. The van der Waals surface area contributed by atoms with Gasteiger partial charge in [-0.05, 0) is 31.4 Å². The molecule has 3 heterocycles. The van der Waals surface area contributed by atoms with Gasteiger partial charge in [-0.15, -0.1) is 0 Å². The second-order valence-corrected chi connectivity index (χ2v) is 6.32. The Balaban J connectivity index is 1.65. The van der Waals surface area contributed by atoms with Crippen molar-refractivity contribution in [2.75, 3.05) is 13.2 Å². The Kier molecular flexibility index (Phi) is 2.51. The number of rotatable bonds is 1. The lowest BCUT2D eigenvalue weighted by Crippen LogP contribution is -2.61. The van der Waals surface area contributed by atoms with Crippen molar-refractivity contribution in [3.63, 3.8) is 0 Å². The van der Waals surface area contributed by atoms with Crippen molar-refractivity contribution in [2.45, 2.75) is 38.2 Å². The Morgan fingerprint density at radius 1 is 1.30 bits per heavy atom. The normalized spacial score (nSPS) is 34.4. The van der Waals surface area contributed by atoms with Crippen LogP contribution in [0.5, 0.6) is 0 Å². The molecule has 3 atom stereocenters. The average molecular weight is 273 g/mol. The summed E-state index contributed by atoms with van der Waals surface area (Å²) in [5.74, 6) is -0.437. The molecule has 4 heteroatoms. The number of ether oxygens (including phenoxy) is 2. The van der Waals surface area contributed by atoms with E-state index < -0.39 is 5.79 Å². The Morgan fingerprint density at radius 3 is 2.85 bits per heavy atom. The van der Waals surface area contributed by atoms with Gasteiger partial charge in [0.15, 0.2) is 5.79 Å². The molecule has 0 unspecified atom stereocenters. The van der Waals surface area contributed by atoms with Crippen molar-refractivity contribution < 1.29 is 14.3 Å². The first-order chi connectivity index (χ1) is 9.57. The second-order valence-electron chi connectivity index (χ2n) is 6.32. The third-order valence-corrected chi connectivity index (χ3v) is 4.67. The lowest BCUT2D eigenvalue weighted by molar-refractivity contribution is -0.180. The number of fused-ring (bicyclic) bond motifs is 3. The van der Waals surface area contributed by atoms with E-state index in [1.165, 1.54) is 11.1 Å². The summed E-state index contributed by atoms with van der Waals surface area (Å²) in [4.78, 5) is 14.4. The predicted molar refractivity (Wildman–Crippen MR) is 73.0 cm³/mol. The highest BCUT2D eigenvalue weighted by Crippen LogP contribution is 2.48. The quantitative estimate of drug-likeness (QED) is 0.734. The molecular weight excluding hydrogens is 254 g/mol. The number of amides is 1. The maximum absolute atomic E-state index is 12.4. The Morgan fingerprint density at radius 2 is 2.10 bits per heavy atom. The van der Waals surface area contributed by atoms with E-state index in [2.05, 4.69) is 24.3 Å². The molecule has 0 saturated carbocycles. The molecule has 0 bridgehead atoms. The molecule has 3 aliphatic rings.